The second kappa shape index (κ2) is 20.9. The highest BCUT2D eigenvalue weighted by Gasteiger charge is 2.30. The van der Waals surface area contributed by atoms with Crippen LogP contribution in [0.5, 0.6) is 0 Å². The Bertz CT molecular complexity index is 2470. The summed E-state index contributed by atoms with van der Waals surface area (Å²) in [5.74, 6) is -2.07. The van der Waals surface area contributed by atoms with Crippen molar-refractivity contribution in [2.24, 2.45) is 0 Å². The van der Waals surface area contributed by atoms with Gasteiger partial charge in [-0.1, -0.05) is 97.1 Å². The number of rotatable bonds is 22. The van der Waals surface area contributed by atoms with E-state index in [1.54, 1.807) is 48.5 Å². The van der Waals surface area contributed by atoms with Crippen LogP contribution in [-0.2, 0) is 29.1 Å². The highest BCUT2D eigenvalue weighted by atomic mass is 16.5. The summed E-state index contributed by atoms with van der Waals surface area (Å²) < 4.78 is 14.9. The summed E-state index contributed by atoms with van der Waals surface area (Å²) in [6.07, 6.45) is -1.80. The van der Waals surface area contributed by atoms with Crippen LogP contribution in [0.2, 0.25) is 0 Å². The van der Waals surface area contributed by atoms with Crippen molar-refractivity contribution in [1.82, 2.24) is 13.7 Å². The quantitative estimate of drug-likeness (QED) is 0.0623. The van der Waals surface area contributed by atoms with E-state index in [0.29, 0.717) is 26.8 Å². The lowest BCUT2D eigenvalue weighted by molar-refractivity contribution is 0.0486. The zero-order valence-corrected chi connectivity index (χ0v) is 39.4. The first-order valence-corrected chi connectivity index (χ1v) is 21.9. The molecule has 0 aliphatic rings. The van der Waals surface area contributed by atoms with Gasteiger partial charge in [-0.25, -0.2) is 28.1 Å². The third-order valence-electron chi connectivity index (χ3n) is 11.0. The van der Waals surface area contributed by atoms with Crippen LogP contribution in [0.15, 0.2) is 111 Å². The lowest BCUT2D eigenvalue weighted by atomic mass is 9.92. The average molecular weight is 938 g/mol. The number of hydrogen-bond donors (Lipinski definition) is 5. The van der Waals surface area contributed by atoms with E-state index < -0.39 is 88.0 Å². The average Bonchev–Trinajstić information content (AvgIpc) is 3.28. The molecule has 17 heteroatoms. The van der Waals surface area contributed by atoms with Gasteiger partial charge in [-0.15, -0.1) is 0 Å². The van der Waals surface area contributed by atoms with Crippen molar-refractivity contribution in [2.75, 3.05) is 19.8 Å². The first-order chi connectivity index (χ1) is 31.6. The highest BCUT2D eigenvalue weighted by molar-refractivity contribution is 6.03. The van der Waals surface area contributed by atoms with Gasteiger partial charge in [0.1, 0.15) is 34.6 Å². The van der Waals surface area contributed by atoms with E-state index in [-0.39, 0.29) is 48.6 Å². The molecule has 0 unspecified atom stereocenters. The fourth-order valence-electron chi connectivity index (χ4n) is 7.30. The third kappa shape index (κ3) is 12.4. The summed E-state index contributed by atoms with van der Waals surface area (Å²) in [5.41, 5.74) is -6.53. The number of carbonyl (C=O) groups excluding carboxylic acids is 4. The van der Waals surface area contributed by atoms with E-state index in [4.69, 9.17) is 9.47 Å². The van der Waals surface area contributed by atoms with E-state index in [9.17, 15) is 59.1 Å². The minimum atomic E-state index is -1.64. The second-order valence-electron chi connectivity index (χ2n) is 18.6. The number of aliphatic hydroxyl groups is 5. The molecule has 1 heterocycles. The first-order valence-electron chi connectivity index (χ1n) is 21.9. The van der Waals surface area contributed by atoms with Crippen molar-refractivity contribution in [3.8, 4) is 0 Å². The molecular weight excluding hydrogens is 879 g/mol. The van der Waals surface area contributed by atoms with Crippen molar-refractivity contribution in [3.05, 3.63) is 173 Å². The largest absolute Gasteiger partial charge is 0.395 e. The molecule has 5 aromatic rings. The standard InChI is InChI=1S/C51H59N3O14/c1-48(2,63)41(56)35-17-9-31(10-18-35)39(32-11-19-36(20-12-32)42(57)49(3,4)64)67-29-26-53-45(60)52(25-28-55)46(61)54(47(53)62)27-30-68-40(33-13-21-37(22-14-33)43(58)50(5,6)65)34-15-23-38(24-16-34)44(59)51(7,8)66/h9-24,39-40,55,63-66H,25-30H2,1-8H3. The maximum absolute atomic E-state index is 14.1. The number of nitrogens with zero attached hydrogens (tertiary/aromatic N) is 3. The number of Topliss-reactive ketones (excluding diaryl/α,β-unsaturated/α-hetero) is 4. The van der Waals surface area contributed by atoms with Crippen LogP contribution in [0, 0.1) is 0 Å². The normalized spacial score (nSPS) is 12.5. The lowest BCUT2D eigenvalue weighted by Crippen LogP contribution is -2.55. The van der Waals surface area contributed by atoms with Crippen molar-refractivity contribution in [2.45, 2.75) is 110 Å². The molecule has 4 aromatic carbocycles. The van der Waals surface area contributed by atoms with Gasteiger partial charge in [-0.2, -0.15) is 0 Å². The van der Waals surface area contributed by atoms with Gasteiger partial charge in [0.05, 0.1) is 39.5 Å². The molecule has 68 heavy (non-hydrogen) atoms. The molecule has 1 aromatic heterocycles. The molecule has 0 radical (unpaired) electrons. The Labute approximate surface area is 392 Å². The molecule has 0 saturated heterocycles. The van der Waals surface area contributed by atoms with Gasteiger partial charge >= 0.3 is 17.1 Å². The molecule has 0 atom stereocenters. The van der Waals surface area contributed by atoms with E-state index in [1.165, 1.54) is 104 Å². The van der Waals surface area contributed by atoms with Crippen LogP contribution >= 0.6 is 0 Å². The van der Waals surface area contributed by atoms with Crippen molar-refractivity contribution in [1.29, 1.82) is 0 Å². The number of carbonyl (C=O) groups is 4. The third-order valence-corrected chi connectivity index (χ3v) is 11.0. The Morgan fingerprint density at radius 2 is 0.618 bits per heavy atom. The number of benzene rings is 4. The maximum atomic E-state index is 14.1. The molecule has 0 fully saturated rings. The van der Waals surface area contributed by atoms with E-state index in [1.807, 2.05) is 0 Å². The van der Waals surface area contributed by atoms with Crippen LogP contribution < -0.4 is 17.1 Å². The molecule has 0 aliphatic heterocycles. The highest BCUT2D eigenvalue weighted by Crippen LogP contribution is 2.30. The number of hydrogen-bond acceptors (Lipinski definition) is 14. The van der Waals surface area contributed by atoms with Crippen LogP contribution in [0.4, 0.5) is 0 Å². The predicted molar refractivity (Wildman–Crippen MR) is 250 cm³/mol. The van der Waals surface area contributed by atoms with Gasteiger partial charge in [-0.3, -0.25) is 19.2 Å². The smallest absolute Gasteiger partial charge is 0.336 e. The summed E-state index contributed by atoms with van der Waals surface area (Å²) in [5, 5.41) is 51.0. The van der Waals surface area contributed by atoms with E-state index >= 15 is 0 Å². The summed E-state index contributed by atoms with van der Waals surface area (Å²) in [6, 6.07) is 25.0. The van der Waals surface area contributed by atoms with Crippen LogP contribution in [0.1, 0.15) is 131 Å². The molecule has 5 N–H and O–H groups in total. The Hall–Kier alpha value is -6.31. The minimum absolute atomic E-state index is 0.229. The summed E-state index contributed by atoms with van der Waals surface area (Å²) in [7, 11) is 0. The van der Waals surface area contributed by atoms with Gasteiger partial charge in [0.2, 0.25) is 0 Å². The molecule has 17 nitrogen and oxygen atoms in total. The number of aromatic nitrogens is 3. The Morgan fingerprint density at radius 3 is 0.809 bits per heavy atom. The zero-order chi connectivity index (χ0) is 50.5. The molecule has 0 bridgehead atoms. The molecule has 0 spiro atoms. The SMILES string of the molecule is CC(C)(O)C(=O)c1ccc(C(OCCn2c(=O)n(CCO)c(=O)n(CCOC(c3ccc(C(=O)C(C)(C)O)cc3)c3ccc(C(=O)C(C)(C)O)cc3)c2=O)c2ccc(C(=O)C(C)(C)O)cc2)cc1. The van der Waals surface area contributed by atoms with Gasteiger partial charge in [-0.05, 0) is 77.6 Å². The summed E-state index contributed by atoms with van der Waals surface area (Å²) in [4.78, 5) is 92.6. The van der Waals surface area contributed by atoms with Gasteiger partial charge in [0.25, 0.3) is 0 Å². The van der Waals surface area contributed by atoms with Crippen molar-refractivity contribution < 1.29 is 54.2 Å². The molecule has 5 rings (SSSR count). The molecule has 0 amide bonds. The summed E-state index contributed by atoms with van der Waals surface area (Å²) >= 11 is 0. The lowest BCUT2D eigenvalue weighted by Gasteiger charge is -2.22. The first kappa shape index (κ1) is 52.7. The van der Waals surface area contributed by atoms with Crippen LogP contribution in [-0.4, -0.2) is 105 Å². The van der Waals surface area contributed by atoms with E-state index in [0.717, 1.165) is 9.13 Å². The Kier molecular flexibility index (Phi) is 16.2. The molecular formula is C51H59N3O14. The number of aliphatic hydroxyl groups excluding tert-OH is 1. The van der Waals surface area contributed by atoms with Crippen LogP contribution in [0.3, 0.4) is 0 Å². The zero-order valence-electron chi connectivity index (χ0n) is 39.4. The topological polar surface area (TPSA) is 254 Å². The predicted octanol–water partition coefficient (Wildman–Crippen LogP) is 3.59. The molecule has 0 saturated carbocycles. The van der Waals surface area contributed by atoms with Gasteiger partial charge < -0.3 is 35.0 Å². The van der Waals surface area contributed by atoms with Crippen LogP contribution in [0.25, 0.3) is 0 Å². The Balaban J connectivity index is 1.46. The molecule has 362 valence electrons. The maximum Gasteiger partial charge on any atom is 0.336 e. The fourth-order valence-corrected chi connectivity index (χ4v) is 7.30. The van der Waals surface area contributed by atoms with E-state index in [2.05, 4.69) is 0 Å². The number of ether oxygens (including phenoxy) is 2. The number of ketones is 4. The fraction of sp³-hybridized carbons (Fsp3) is 0.392. The second-order valence-corrected chi connectivity index (χ2v) is 18.6. The molecule has 0 aliphatic carbocycles. The Morgan fingerprint density at radius 1 is 0.412 bits per heavy atom. The summed E-state index contributed by atoms with van der Waals surface area (Å²) in [6.45, 7) is 8.56. The van der Waals surface area contributed by atoms with Gasteiger partial charge in [0, 0.05) is 22.3 Å². The minimum Gasteiger partial charge on any atom is -0.395 e. The van der Waals surface area contributed by atoms with Gasteiger partial charge in [0.15, 0.2) is 23.1 Å². The van der Waals surface area contributed by atoms with Crippen molar-refractivity contribution >= 4 is 23.1 Å². The monoisotopic (exact) mass is 937 g/mol. The van der Waals surface area contributed by atoms with Crippen molar-refractivity contribution in [3.63, 3.8) is 0 Å².